The molecule has 0 aliphatic rings. The molecule has 0 aliphatic heterocycles. The van der Waals surface area contributed by atoms with Gasteiger partial charge in [-0.05, 0) is 25.7 Å². The summed E-state index contributed by atoms with van der Waals surface area (Å²) in [4.78, 5) is 0. The standard InChI is InChI=1S/C30H49F17N2/c1-6-7-8-9-10-11-12-13-14-16-19-48(2,3)21-22-49(4,5)20-17-15-18-23(31,32)24(33,34)25(35,36)26(37,38)27(39,40)28(41,42)29(43,44)30(45,46)47/h6-22H2,1-5H3/q+2. The minimum absolute atomic E-state index is 0.0384. The molecule has 0 aromatic heterocycles. The summed E-state index contributed by atoms with van der Waals surface area (Å²) in [6.07, 6.45) is -0.187. The Kier molecular flexibility index (Phi) is 16.6. The zero-order valence-electron chi connectivity index (χ0n) is 28.3. The van der Waals surface area contributed by atoms with E-state index in [1.807, 2.05) is 14.1 Å². The predicted octanol–water partition coefficient (Wildman–Crippen LogP) is 11.2. The molecule has 0 saturated carbocycles. The van der Waals surface area contributed by atoms with Crippen LogP contribution >= 0.6 is 0 Å². The summed E-state index contributed by atoms with van der Waals surface area (Å²) in [5, 5.41) is 0. The van der Waals surface area contributed by atoms with Crippen LogP contribution in [0.3, 0.4) is 0 Å². The van der Waals surface area contributed by atoms with Gasteiger partial charge in [-0.1, -0.05) is 58.3 Å². The summed E-state index contributed by atoms with van der Waals surface area (Å²) in [7, 11) is 7.16. The molecular weight excluding hydrogens is 711 g/mol. The van der Waals surface area contributed by atoms with Crippen molar-refractivity contribution in [3.8, 4) is 0 Å². The van der Waals surface area contributed by atoms with Crippen molar-refractivity contribution in [1.82, 2.24) is 0 Å². The molecule has 0 bridgehead atoms. The average molecular weight is 761 g/mol. The van der Waals surface area contributed by atoms with Gasteiger partial charge in [-0.3, -0.25) is 0 Å². The summed E-state index contributed by atoms with van der Waals surface area (Å²) in [5.74, 6) is -55.9. The van der Waals surface area contributed by atoms with Gasteiger partial charge in [0.15, 0.2) is 0 Å². The van der Waals surface area contributed by atoms with Gasteiger partial charge in [0.25, 0.3) is 0 Å². The number of nitrogens with zero attached hydrogens (tertiary/aromatic N) is 2. The monoisotopic (exact) mass is 760 g/mol. The summed E-state index contributed by atoms with van der Waals surface area (Å²) in [5.41, 5.74) is 0. The SMILES string of the molecule is CCCCCCCCCCCC[N+](C)(C)CC[N+](C)(C)CCCCC(F)(F)C(F)(F)C(F)(F)C(F)(F)C(F)(F)C(F)(F)C(F)(F)C(F)(F)F. The van der Waals surface area contributed by atoms with Crippen molar-refractivity contribution in [3.05, 3.63) is 0 Å². The Labute approximate surface area is 276 Å². The Morgan fingerprint density at radius 1 is 0.327 bits per heavy atom. The molecule has 0 spiro atoms. The normalized spacial score (nSPS) is 15.3. The Bertz CT molecular complexity index is 976. The summed E-state index contributed by atoms with van der Waals surface area (Å²) >= 11 is 0. The van der Waals surface area contributed by atoms with E-state index in [0.29, 0.717) is 17.6 Å². The second kappa shape index (κ2) is 17.0. The van der Waals surface area contributed by atoms with E-state index in [4.69, 9.17) is 0 Å². The van der Waals surface area contributed by atoms with Gasteiger partial charge in [-0.15, -0.1) is 0 Å². The zero-order chi connectivity index (χ0) is 39.0. The van der Waals surface area contributed by atoms with Crippen LogP contribution in [0.25, 0.3) is 0 Å². The first-order chi connectivity index (χ1) is 21.7. The molecule has 0 atom stereocenters. The average Bonchev–Trinajstić information content (AvgIpc) is 2.94. The lowest BCUT2D eigenvalue weighted by Gasteiger charge is -2.42. The van der Waals surface area contributed by atoms with Crippen molar-refractivity contribution in [3.63, 3.8) is 0 Å². The lowest BCUT2D eigenvalue weighted by atomic mass is 9.88. The maximum absolute atomic E-state index is 14.2. The van der Waals surface area contributed by atoms with Crippen LogP contribution in [0, 0.1) is 0 Å². The second-order valence-corrected chi connectivity index (χ2v) is 14.1. The minimum atomic E-state index is -8.59. The molecule has 2 nitrogen and oxygen atoms in total. The van der Waals surface area contributed by atoms with Gasteiger partial charge >= 0.3 is 47.6 Å². The third-order valence-corrected chi connectivity index (χ3v) is 8.72. The number of alkyl halides is 17. The van der Waals surface area contributed by atoms with Crippen LogP contribution in [0.5, 0.6) is 0 Å². The number of hydrogen-bond donors (Lipinski definition) is 0. The fourth-order valence-electron chi connectivity index (χ4n) is 5.03. The largest absolute Gasteiger partial charge is 0.460 e. The fourth-order valence-corrected chi connectivity index (χ4v) is 5.03. The van der Waals surface area contributed by atoms with Gasteiger partial charge in [0.2, 0.25) is 0 Å². The molecule has 0 N–H and O–H groups in total. The quantitative estimate of drug-likeness (QED) is 0.0494. The first-order valence-electron chi connectivity index (χ1n) is 16.1. The Morgan fingerprint density at radius 2 is 0.612 bits per heavy atom. The van der Waals surface area contributed by atoms with Crippen LogP contribution in [-0.2, 0) is 0 Å². The number of hydrogen-bond acceptors (Lipinski definition) is 0. The van der Waals surface area contributed by atoms with Gasteiger partial charge in [-0.25, -0.2) is 0 Å². The Balaban J connectivity index is 5.21. The molecule has 0 unspecified atom stereocenters. The molecule has 0 aliphatic carbocycles. The molecule has 296 valence electrons. The van der Waals surface area contributed by atoms with E-state index in [-0.39, 0.29) is 11.0 Å². The predicted molar refractivity (Wildman–Crippen MR) is 150 cm³/mol. The molecule has 19 heteroatoms. The molecule has 49 heavy (non-hydrogen) atoms. The molecule has 0 radical (unpaired) electrons. The number of rotatable bonds is 25. The highest BCUT2D eigenvalue weighted by Gasteiger charge is 2.95. The Hall–Kier alpha value is -1.27. The van der Waals surface area contributed by atoms with Crippen LogP contribution in [0.1, 0.15) is 90.4 Å². The molecule has 0 aromatic rings. The summed E-state index contributed by atoms with van der Waals surface area (Å²) < 4.78 is 229. The minimum Gasteiger partial charge on any atom is -0.324 e. The number of halogens is 17. The zero-order valence-corrected chi connectivity index (χ0v) is 28.3. The van der Waals surface area contributed by atoms with Crippen molar-refractivity contribution in [2.75, 3.05) is 54.4 Å². The van der Waals surface area contributed by atoms with Gasteiger partial charge in [0.05, 0.1) is 41.3 Å². The van der Waals surface area contributed by atoms with Crippen molar-refractivity contribution >= 4 is 0 Å². The maximum atomic E-state index is 14.2. The first-order valence-corrected chi connectivity index (χ1v) is 16.1. The lowest BCUT2D eigenvalue weighted by Crippen LogP contribution is -2.74. The highest BCUT2D eigenvalue weighted by Crippen LogP contribution is 2.64. The smallest absolute Gasteiger partial charge is 0.324 e. The van der Waals surface area contributed by atoms with Crippen LogP contribution in [-0.4, -0.2) is 111 Å². The maximum Gasteiger partial charge on any atom is 0.460 e. The van der Waals surface area contributed by atoms with E-state index in [1.165, 1.54) is 38.5 Å². The van der Waals surface area contributed by atoms with Crippen LogP contribution < -0.4 is 0 Å². The van der Waals surface area contributed by atoms with E-state index < -0.39 is 66.9 Å². The molecule has 0 aromatic carbocycles. The highest BCUT2D eigenvalue weighted by atomic mass is 19.4. The van der Waals surface area contributed by atoms with Crippen molar-refractivity contribution < 1.29 is 83.6 Å². The second-order valence-electron chi connectivity index (χ2n) is 14.1. The van der Waals surface area contributed by atoms with Gasteiger partial charge < -0.3 is 8.97 Å². The van der Waals surface area contributed by atoms with Crippen LogP contribution in [0.15, 0.2) is 0 Å². The van der Waals surface area contributed by atoms with Crippen molar-refractivity contribution in [2.24, 2.45) is 0 Å². The first kappa shape index (κ1) is 47.7. The molecule has 0 fully saturated rings. The lowest BCUT2D eigenvalue weighted by molar-refractivity contribution is -0.946. The molecule has 0 heterocycles. The number of unbranched alkanes of at least 4 members (excludes halogenated alkanes) is 10. The summed E-state index contributed by atoms with van der Waals surface area (Å²) in [6, 6.07) is 0. The number of quaternary nitrogens is 2. The van der Waals surface area contributed by atoms with Crippen molar-refractivity contribution in [2.45, 2.75) is 138 Å². The topological polar surface area (TPSA) is 0 Å². The Morgan fingerprint density at radius 3 is 0.959 bits per heavy atom. The van der Waals surface area contributed by atoms with Crippen LogP contribution in [0.4, 0.5) is 74.6 Å². The third-order valence-electron chi connectivity index (χ3n) is 8.72. The van der Waals surface area contributed by atoms with E-state index in [1.54, 1.807) is 14.1 Å². The van der Waals surface area contributed by atoms with E-state index in [9.17, 15) is 74.6 Å². The van der Waals surface area contributed by atoms with E-state index in [0.717, 1.165) is 32.2 Å². The molecular formula is C30H49F17N2+2. The third kappa shape index (κ3) is 11.4. The van der Waals surface area contributed by atoms with E-state index >= 15 is 0 Å². The highest BCUT2D eigenvalue weighted by molar-refractivity contribution is 5.15. The summed E-state index contributed by atoms with van der Waals surface area (Å²) in [6.45, 7) is 3.93. The molecule has 0 amide bonds. The molecule has 0 saturated heterocycles. The molecule has 0 rings (SSSR count). The van der Waals surface area contributed by atoms with Gasteiger partial charge in [0, 0.05) is 6.42 Å². The van der Waals surface area contributed by atoms with Crippen molar-refractivity contribution in [1.29, 1.82) is 0 Å². The van der Waals surface area contributed by atoms with E-state index in [2.05, 4.69) is 6.92 Å². The van der Waals surface area contributed by atoms with Gasteiger partial charge in [-0.2, -0.15) is 74.6 Å². The number of likely N-dealkylation sites (N-methyl/N-ethyl adjacent to an activating group) is 2. The van der Waals surface area contributed by atoms with Gasteiger partial charge in [0.1, 0.15) is 13.1 Å². The van der Waals surface area contributed by atoms with Crippen LogP contribution in [0.2, 0.25) is 0 Å². The fraction of sp³-hybridized carbons (Fsp3) is 1.00.